The van der Waals surface area contributed by atoms with E-state index in [1.165, 1.54) is 12.0 Å². The average molecular weight is 451 g/mol. The van der Waals surface area contributed by atoms with Gasteiger partial charge in [-0.1, -0.05) is 29.8 Å². The van der Waals surface area contributed by atoms with Crippen molar-refractivity contribution < 1.29 is 24.2 Å². The fourth-order valence-corrected chi connectivity index (χ4v) is 4.07. The van der Waals surface area contributed by atoms with Gasteiger partial charge in [0.2, 0.25) is 0 Å². The molecule has 7 nitrogen and oxygen atoms in total. The normalized spacial score (nSPS) is 17.6. The highest BCUT2D eigenvalue weighted by atomic mass is 16.5. The van der Waals surface area contributed by atoms with Gasteiger partial charge in [-0.05, 0) is 70.2 Å². The van der Waals surface area contributed by atoms with Gasteiger partial charge in [0, 0.05) is 12.1 Å². The smallest absolute Gasteiger partial charge is 0.337 e. The molecule has 1 atom stereocenters. The maximum Gasteiger partial charge on any atom is 0.337 e. The number of hydrogen-bond acceptors (Lipinski definition) is 6. The molecule has 1 aliphatic rings. The monoisotopic (exact) mass is 450 g/mol. The van der Waals surface area contributed by atoms with Gasteiger partial charge in [0.25, 0.3) is 11.7 Å². The summed E-state index contributed by atoms with van der Waals surface area (Å²) in [5.41, 5.74) is 3.32. The van der Waals surface area contributed by atoms with Gasteiger partial charge in [0.1, 0.15) is 5.76 Å². The van der Waals surface area contributed by atoms with Crippen molar-refractivity contribution in [3.05, 3.63) is 75.9 Å². The minimum Gasteiger partial charge on any atom is -0.507 e. The van der Waals surface area contributed by atoms with E-state index in [-0.39, 0.29) is 11.3 Å². The van der Waals surface area contributed by atoms with Gasteiger partial charge in [-0.3, -0.25) is 9.59 Å². The molecular formula is C26H30N2O5. The van der Waals surface area contributed by atoms with Crippen LogP contribution in [0.25, 0.3) is 5.76 Å². The number of benzene rings is 2. The Morgan fingerprint density at radius 2 is 1.76 bits per heavy atom. The van der Waals surface area contributed by atoms with Gasteiger partial charge in [0.15, 0.2) is 0 Å². The number of nitrogens with zero attached hydrogens (tertiary/aromatic N) is 2. The van der Waals surface area contributed by atoms with Gasteiger partial charge in [-0.15, -0.1) is 0 Å². The number of ether oxygens (including phenoxy) is 1. The number of hydrogen-bond donors (Lipinski definition) is 1. The third kappa shape index (κ3) is 4.98. The zero-order valence-corrected chi connectivity index (χ0v) is 19.7. The van der Waals surface area contributed by atoms with Crippen LogP contribution in [0.2, 0.25) is 0 Å². The summed E-state index contributed by atoms with van der Waals surface area (Å²) in [7, 11) is 5.19. The number of esters is 1. The number of methoxy groups -OCH3 is 1. The number of likely N-dealkylation sites (tertiary alicyclic amines) is 1. The maximum atomic E-state index is 13.1. The molecule has 0 aliphatic carbocycles. The predicted molar refractivity (Wildman–Crippen MR) is 126 cm³/mol. The van der Waals surface area contributed by atoms with E-state index in [9.17, 15) is 19.5 Å². The van der Waals surface area contributed by atoms with E-state index >= 15 is 0 Å². The van der Waals surface area contributed by atoms with E-state index in [1.807, 2.05) is 51.0 Å². The van der Waals surface area contributed by atoms with Crippen LogP contribution in [0.3, 0.4) is 0 Å². The van der Waals surface area contributed by atoms with Crippen molar-refractivity contribution in [1.29, 1.82) is 0 Å². The standard InChI is InChI=1S/C26H30N2O5/c1-16-7-8-17(2)20(15-16)23(29)21-22(18-9-11-19(12-10-18)26(32)33-5)28(25(31)24(21)30)14-6-13-27(3)4/h7-12,15,22,29H,6,13-14H2,1-5H3. The average Bonchev–Trinajstić information content (AvgIpc) is 3.04. The van der Waals surface area contributed by atoms with Crippen molar-refractivity contribution >= 4 is 23.4 Å². The van der Waals surface area contributed by atoms with E-state index < -0.39 is 23.7 Å². The number of carbonyl (C=O) groups is 3. The molecule has 1 fully saturated rings. The van der Waals surface area contributed by atoms with E-state index in [1.54, 1.807) is 24.3 Å². The lowest BCUT2D eigenvalue weighted by atomic mass is 9.93. The van der Waals surface area contributed by atoms with Crippen LogP contribution < -0.4 is 0 Å². The Kier molecular flexibility index (Phi) is 7.33. The van der Waals surface area contributed by atoms with E-state index in [0.717, 1.165) is 17.7 Å². The van der Waals surface area contributed by atoms with Crippen molar-refractivity contribution in [2.45, 2.75) is 26.3 Å². The third-order valence-corrected chi connectivity index (χ3v) is 5.84. The Labute approximate surface area is 194 Å². The zero-order valence-electron chi connectivity index (χ0n) is 19.7. The second kappa shape index (κ2) is 10.0. The van der Waals surface area contributed by atoms with E-state index in [0.29, 0.717) is 29.7 Å². The van der Waals surface area contributed by atoms with Crippen molar-refractivity contribution in [3.8, 4) is 0 Å². The van der Waals surface area contributed by atoms with Crippen LogP contribution in [0.4, 0.5) is 0 Å². The number of rotatable bonds is 7. The number of aryl methyl sites for hydroxylation is 2. The van der Waals surface area contributed by atoms with E-state index in [2.05, 4.69) is 0 Å². The highest BCUT2D eigenvalue weighted by Crippen LogP contribution is 2.40. The summed E-state index contributed by atoms with van der Waals surface area (Å²) in [6, 6.07) is 11.4. The largest absolute Gasteiger partial charge is 0.507 e. The number of ketones is 1. The fourth-order valence-electron chi connectivity index (χ4n) is 4.07. The van der Waals surface area contributed by atoms with Gasteiger partial charge in [-0.2, -0.15) is 0 Å². The van der Waals surface area contributed by atoms with Gasteiger partial charge < -0.3 is 19.6 Å². The van der Waals surface area contributed by atoms with Crippen molar-refractivity contribution in [1.82, 2.24) is 9.80 Å². The second-order valence-electron chi connectivity index (χ2n) is 8.58. The quantitative estimate of drug-likeness (QED) is 0.301. The molecule has 3 rings (SSSR count). The summed E-state index contributed by atoms with van der Waals surface area (Å²) in [4.78, 5) is 41.5. The molecule has 0 bridgehead atoms. The number of amides is 1. The molecule has 33 heavy (non-hydrogen) atoms. The summed E-state index contributed by atoms with van der Waals surface area (Å²) in [5, 5.41) is 11.3. The van der Waals surface area contributed by atoms with Crippen LogP contribution in [0, 0.1) is 13.8 Å². The maximum absolute atomic E-state index is 13.1. The minimum atomic E-state index is -0.751. The molecule has 1 heterocycles. The minimum absolute atomic E-state index is 0.0596. The van der Waals surface area contributed by atoms with E-state index in [4.69, 9.17) is 4.74 Å². The number of Topliss-reactive ketones (excluding diaryl/α,β-unsaturated/α-hetero) is 1. The lowest BCUT2D eigenvalue weighted by Gasteiger charge is -2.26. The molecule has 1 N–H and O–H groups in total. The molecule has 0 saturated carbocycles. The third-order valence-electron chi connectivity index (χ3n) is 5.84. The van der Waals surface area contributed by atoms with Crippen LogP contribution in [0.15, 0.2) is 48.0 Å². The molecule has 1 amide bonds. The first-order valence-corrected chi connectivity index (χ1v) is 10.8. The summed E-state index contributed by atoms with van der Waals surface area (Å²) >= 11 is 0. The number of aliphatic hydroxyl groups excluding tert-OH is 1. The summed E-state index contributed by atoms with van der Waals surface area (Å²) in [6.07, 6.45) is 0.667. The molecule has 0 aromatic heterocycles. The van der Waals surface area contributed by atoms with Crippen LogP contribution in [-0.4, -0.2) is 66.9 Å². The molecule has 1 saturated heterocycles. The number of aliphatic hydroxyl groups is 1. The number of carbonyl (C=O) groups excluding carboxylic acids is 3. The lowest BCUT2D eigenvalue weighted by Crippen LogP contribution is -2.32. The van der Waals surface area contributed by atoms with Crippen LogP contribution in [-0.2, 0) is 14.3 Å². The zero-order chi connectivity index (χ0) is 24.3. The van der Waals surface area contributed by atoms with Gasteiger partial charge >= 0.3 is 5.97 Å². The summed E-state index contributed by atoms with van der Waals surface area (Å²) in [5.74, 6) is -2.01. The first kappa shape index (κ1) is 24.2. The SMILES string of the molecule is COC(=O)c1ccc(C2C(=C(O)c3cc(C)ccc3C)C(=O)C(=O)N2CCCN(C)C)cc1. The molecular weight excluding hydrogens is 420 g/mol. The van der Waals surface area contributed by atoms with Crippen LogP contribution in [0.5, 0.6) is 0 Å². The topological polar surface area (TPSA) is 87.1 Å². The first-order valence-electron chi connectivity index (χ1n) is 10.8. The highest BCUT2D eigenvalue weighted by Gasteiger charge is 2.45. The fraction of sp³-hybridized carbons (Fsp3) is 0.346. The lowest BCUT2D eigenvalue weighted by molar-refractivity contribution is -0.139. The Bertz CT molecular complexity index is 1100. The van der Waals surface area contributed by atoms with Crippen molar-refractivity contribution in [2.24, 2.45) is 0 Å². The molecule has 174 valence electrons. The van der Waals surface area contributed by atoms with Crippen molar-refractivity contribution in [2.75, 3.05) is 34.3 Å². The molecule has 2 aromatic rings. The second-order valence-corrected chi connectivity index (χ2v) is 8.58. The van der Waals surface area contributed by atoms with Crippen LogP contribution in [0.1, 0.15) is 45.1 Å². The predicted octanol–water partition coefficient (Wildman–Crippen LogP) is 3.46. The van der Waals surface area contributed by atoms with Crippen LogP contribution >= 0.6 is 0 Å². The Hall–Kier alpha value is -3.45. The molecule has 0 radical (unpaired) electrons. The molecule has 1 unspecified atom stereocenters. The summed E-state index contributed by atoms with van der Waals surface area (Å²) in [6.45, 7) is 4.85. The Morgan fingerprint density at radius 1 is 1.09 bits per heavy atom. The molecule has 1 aliphatic heterocycles. The molecule has 7 heteroatoms. The Balaban J connectivity index is 2.13. The first-order chi connectivity index (χ1) is 15.6. The highest BCUT2D eigenvalue weighted by molar-refractivity contribution is 6.46. The van der Waals surface area contributed by atoms with Crippen molar-refractivity contribution in [3.63, 3.8) is 0 Å². The molecule has 2 aromatic carbocycles. The Morgan fingerprint density at radius 3 is 2.36 bits per heavy atom. The molecule has 0 spiro atoms. The van der Waals surface area contributed by atoms with Gasteiger partial charge in [0.05, 0.1) is 24.3 Å². The summed E-state index contributed by atoms with van der Waals surface area (Å²) < 4.78 is 4.76. The van der Waals surface area contributed by atoms with Gasteiger partial charge in [-0.25, -0.2) is 4.79 Å².